The molecule has 0 unspecified atom stereocenters. The van der Waals surface area contributed by atoms with Gasteiger partial charge in [-0.15, -0.1) is 0 Å². The van der Waals surface area contributed by atoms with Gasteiger partial charge >= 0.3 is 0 Å². The van der Waals surface area contributed by atoms with Gasteiger partial charge in [-0.1, -0.05) is 43.5 Å². The van der Waals surface area contributed by atoms with Crippen molar-refractivity contribution in [3.63, 3.8) is 0 Å². The van der Waals surface area contributed by atoms with Crippen molar-refractivity contribution in [2.75, 3.05) is 20.1 Å². The molecule has 5 nitrogen and oxygen atoms in total. The Morgan fingerprint density at radius 3 is 2.81 bits per heavy atom. The highest BCUT2D eigenvalue weighted by Gasteiger charge is 2.39. The lowest BCUT2D eigenvalue weighted by Gasteiger charge is -2.33. The van der Waals surface area contributed by atoms with Crippen molar-refractivity contribution < 1.29 is 0 Å². The van der Waals surface area contributed by atoms with Crippen LogP contribution in [0, 0.1) is 5.41 Å². The third-order valence-electron chi connectivity index (χ3n) is 6.23. The summed E-state index contributed by atoms with van der Waals surface area (Å²) in [6.07, 6.45) is 14.0. The van der Waals surface area contributed by atoms with E-state index in [4.69, 9.17) is 0 Å². The van der Waals surface area contributed by atoms with E-state index in [0.29, 0.717) is 5.41 Å². The zero-order valence-corrected chi connectivity index (χ0v) is 16.4. The lowest BCUT2D eigenvalue weighted by Crippen LogP contribution is -2.41. The lowest BCUT2D eigenvalue weighted by atomic mass is 9.73. The predicted molar refractivity (Wildman–Crippen MR) is 110 cm³/mol. The van der Waals surface area contributed by atoms with E-state index in [1.807, 2.05) is 25.8 Å². The molecule has 2 aromatic rings. The van der Waals surface area contributed by atoms with Gasteiger partial charge in [0.05, 0.1) is 6.33 Å². The normalized spacial score (nSPS) is 19.6. The van der Waals surface area contributed by atoms with Crippen LogP contribution in [0.1, 0.15) is 49.7 Å². The molecule has 1 N–H and O–H groups in total. The number of hydrogen-bond acceptors (Lipinski definition) is 2. The fraction of sp³-hybridized carbons (Fsp3) is 0.545. The summed E-state index contributed by atoms with van der Waals surface area (Å²) in [4.78, 5) is 11.2. The molecule has 1 aromatic heterocycles. The molecular formula is C22H31N5. The van der Waals surface area contributed by atoms with Crippen LogP contribution in [0.15, 0.2) is 48.0 Å². The van der Waals surface area contributed by atoms with Gasteiger partial charge in [0.15, 0.2) is 5.96 Å². The number of nitrogens with zero attached hydrogens (tertiary/aromatic N) is 4. The Bertz CT molecular complexity index is 759. The van der Waals surface area contributed by atoms with Crippen molar-refractivity contribution in [3.05, 3.63) is 54.1 Å². The quantitative estimate of drug-likeness (QED) is 0.664. The van der Waals surface area contributed by atoms with E-state index in [1.54, 1.807) is 0 Å². The average molecular weight is 366 g/mol. The van der Waals surface area contributed by atoms with Crippen LogP contribution in [0.4, 0.5) is 0 Å². The third kappa shape index (κ3) is 4.34. The number of aromatic nitrogens is 2. The van der Waals surface area contributed by atoms with Crippen LogP contribution in [0.25, 0.3) is 0 Å². The van der Waals surface area contributed by atoms with Crippen molar-refractivity contribution in [1.82, 2.24) is 19.8 Å². The first kappa shape index (κ1) is 18.1. The molecule has 4 rings (SSSR count). The topological polar surface area (TPSA) is 45.5 Å². The van der Waals surface area contributed by atoms with E-state index < -0.39 is 0 Å². The lowest BCUT2D eigenvalue weighted by molar-refractivity contribution is 0.203. The van der Waals surface area contributed by atoms with Gasteiger partial charge < -0.3 is 14.8 Å². The Hall–Kier alpha value is -2.30. The van der Waals surface area contributed by atoms with Gasteiger partial charge in [0, 0.05) is 45.6 Å². The summed E-state index contributed by atoms with van der Waals surface area (Å²) in [6, 6.07) is 8.77. The van der Waals surface area contributed by atoms with E-state index in [2.05, 4.69) is 49.0 Å². The zero-order valence-electron chi connectivity index (χ0n) is 16.4. The van der Waals surface area contributed by atoms with Crippen LogP contribution in [0.2, 0.25) is 0 Å². The van der Waals surface area contributed by atoms with Gasteiger partial charge in [0.25, 0.3) is 0 Å². The molecule has 1 saturated heterocycles. The van der Waals surface area contributed by atoms with Gasteiger partial charge in [-0.3, -0.25) is 4.99 Å². The molecule has 2 fully saturated rings. The fourth-order valence-electron chi connectivity index (χ4n) is 4.77. The Kier molecular flexibility index (Phi) is 5.46. The first-order chi connectivity index (χ1) is 13.3. The molecule has 0 radical (unpaired) electrons. The van der Waals surface area contributed by atoms with E-state index in [9.17, 15) is 0 Å². The van der Waals surface area contributed by atoms with E-state index in [-0.39, 0.29) is 0 Å². The molecule has 1 aromatic carbocycles. The molecule has 0 amide bonds. The van der Waals surface area contributed by atoms with Crippen molar-refractivity contribution >= 4 is 5.96 Å². The van der Waals surface area contributed by atoms with Crippen LogP contribution in [-0.4, -0.2) is 40.5 Å². The summed E-state index contributed by atoms with van der Waals surface area (Å²) in [6.45, 7) is 3.98. The fourth-order valence-corrected chi connectivity index (χ4v) is 4.77. The van der Waals surface area contributed by atoms with Crippen molar-refractivity contribution in [2.24, 2.45) is 10.4 Å². The number of likely N-dealkylation sites (tertiary alicyclic amines) is 1. The van der Waals surface area contributed by atoms with Gasteiger partial charge in [-0.2, -0.15) is 0 Å². The summed E-state index contributed by atoms with van der Waals surface area (Å²) < 4.78 is 2.10. The standard InChI is InChI=1S/C22H31N5/c1-23-21(27-12-10-22(17-27)8-3-2-4-9-22)25-15-19-6-5-7-20(14-19)16-26-13-11-24-18-26/h5-7,11,13-14,18H,2-4,8-10,12,15-17H2,1H3,(H,23,25). The first-order valence-electron chi connectivity index (χ1n) is 10.3. The van der Waals surface area contributed by atoms with Crippen LogP contribution in [0.3, 0.4) is 0 Å². The smallest absolute Gasteiger partial charge is 0.193 e. The summed E-state index contributed by atoms with van der Waals surface area (Å²) in [5.41, 5.74) is 3.14. The van der Waals surface area contributed by atoms with Crippen LogP contribution >= 0.6 is 0 Å². The molecule has 0 bridgehead atoms. The number of guanidine groups is 1. The number of hydrogen-bond donors (Lipinski definition) is 1. The summed E-state index contributed by atoms with van der Waals surface area (Å²) >= 11 is 0. The highest BCUT2D eigenvalue weighted by Crippen LogP contribution is 2.43. The number of rotatable bonds is 4. The number of imidazole rings is 1. The SMILES string of the molecule is CN=C(NCc1cccc(Cn2ccnc2)c1)N1CCC2(CCCCC2)C1. The second-order valence-electron chi connectivity index (χ2n) is 8.19. The molecule has 0 atom stereocenters. The third-order valence-corrected chi connectivity index (χ3v) is 6.23. The number of aliphatic imine (C=N–C) groups is 1. The van der Waals surface area contributed by atoms with Crippen LogP contribution < -0.4 is 5.32 Å². The minimum Gasteiger partial charge on any atom is -0.352 e. The second-order valence-corrected chi connectivity index (χ2v) is 8.19. The predicted octanol–water partition coefficient (Wildman–Crippen LogP) is 3.66. The molecule has 2 heterocycles. The van der Waals surface area contributed by atoms with Crippen molar-refractivity contribution in [3.8, 4) is 0 Å². The van der Waals surface area contributed by atoms with Gasteiger partial charge in [0.1, 0.15) is 0 Å². The van der Waals surface area contributed by atoms with Crippen LogP contribution in [0.5, 0.6) is 0 Å². The van der Waals surface area contributed by atoms with E-state index in [0.717, 1.165) is 25.6 Å². The maximum absolute atomic E-state index is 4.57. The summed E-state index contributed by atoms with van der Waals surface area (Å²) in [5, 5.41) is 3.59. The van der Waals surface area contributed by atoms with Gasteiger partial charge in [-0.25, -0.2) is 4.98 Å². The minimum atomic E-state index is 0.556. The molecule has 144 valence electrons. The monoisotopic (exact) mass is 365 g/mol. The minimum absolute atomic E-state index is 0.556. The van der Waals surface area contributed by atoms with Gasteiger partial charge in [0.2, 0.25) is 0 Å². The molecule has 1 aliphatic carbocycles. The highest BCUT2D eigenvalue weighted by molar-refractivity contribution is 5.80. The van der Waals surface area contributed by atoms with Gasteiger partial charge in [-0.05, 0) is 35.8 Å². The van der Waals surface area contributed by atoms with Crippen molar-refractivity contribution in [1.29, 1.82) is 0 Å². The Morgan fingerprint density at radius 2 is 2.04 bits per heavy atom. The molecule has 27 heavy (non-hydrogen) atoms. The molecule has 1 saturated carbocycles. The Morgan fingerprint density at radius 1 is 1.19 bits per heavy atom. The Labute approximate surface area is 162 Å². The Balaban J connectivity index is 1.35. The van der Waals surface area contributed by atoms with E-state index >= 15 is 0 Å². The molecular weight excluding hydrogens is 334 g/mol. The maximum Gasteiger partial charge on any atom is 0.193 e. The first-order valence-corrected chi connectivity index (χ1v) is 10.3. The zero-order chi connectivity index (χ0) is 18.5. The average Bonchev–Trinajstić information content (AvgIpc) is 3.34. The number of nitrogens with one attached hydrogen (secondary N) is 1. The van der Waals surface area contributed by atoms with Crippen molar-refractivity contribution in [2.45, 2.75) is 51.6 Å². The maximum atomic E-state index is 4.57. The molecule has 1 spiro atoms. The highest BCUT2D eigenvalue weighted by atomic mass is 15.3. The van der Waals surface area contributed by atoms with E-state index in [1.165, 1.54) is 56.2 Å². The second kappa shape index (κ2) is 8.15. The number of benzene rings is 1. The summed E-state index contributed by atoms with van der Waals surface area (Å²) in [5.74, 6) is 1.05. The molecule has 1 aliphatic heterocycles. The van der Waals surface area contributed by atoms with Crippen LogP contribution in [-0.2, 0) is 13.1 Å². The molecule has 2 aliphatic rings. The molecule has 5 heteroatoms. The summed E-state index contributed by atoms with van der Waals surface area (Å²) in [7, 11) is 1.91. The largest absolute Gasteiger partial charge is 0.352 e.